The summed E-state index contributed by atoms with van der Waals surface area (Å²) in [5.74, 6) is 0.702. The van der Waals surface area contributed by atoms with Crippen LogP contribution in [0.4, 0.5) is 11.5 Å². The van der Waals surface area contributed by atoms with E-state index >= 15 is 0 Å². The molecule has 0 spiro atoms. The highest BCUT2D eigenvalue weighted by Crippen LogP contribution is 2.29. The second-order valence-corrected chi connectivity index (χ2v) is 4.90. The van der Waals surface area contributed by atoms with Crippen LogP contribution in [0, 0.1) is 6.92 Å². The Morgan fingerprint density at radius 3 is 2.67 bits per heavy atom. The fourth-order valence-corrected chi connectivity index (χ4v) is 2.61. The van der Waals surface area contributed by atoms with Crippen LogP contribution in [0.1, 0.15) is 23.0 Å². The number of anilines is 2. The molecule has 2 aromatic heterocycles. The van der Waals surface area contributed by atoms with E-state index in [0.717, 1.165) is 29.7 Å². The van der Waals surface area contributed by atoms with Crippen molar-refractivity contribution in [1.82, 2.24) is 9.38 Å². The van der Waals surface area contributed by atoms with Gasteiger partial charge in [-0.1, -0.05) is 24.3 Å². The van der Waals surface area contributed by atoms with Crippen molar-refractivity contribution in [3.05, 3.63) is 59.9 Å². The summed E-state index contributed by atoms with van der Waals surface area (Å²) in [6, 6.07) is 13.9. The van der Waals surface area contributed by atoms with Crippen LogP contribution < -0.4 is 4.90 Å². The third-order valence-electron chi connectivity index (χ3n) is 3.64. The zero-order valence-electron chi connectivity index (χ0n) is 12.2. The summed E-state index contributed by atoms with van der Waals surface area (Å²) in [6.45, 7) is 4.87. The highest BCUT2D eigenvalue weighted by atomic mass is 16.1. The van der Waals surface area contributed by atoms with Crippen molar-refractivity contribution in [3.8, 4) is 0 Å². The zero-order valence-corrected chi connectivity index (χ0v) is 12.2. The number of carbonyl (C=O) groups is 1. The number of aldehydes is 1. The van der Waals surface area contributed by atoms with Crippen LogP contribution in [0.2, 0.25) is 0 Å². The first kappa shape index (κ1) is 13.4. The van der Waals surface area contributed by atoms with Gasteiger partial charge in [-0.15, -0.1) is 0 Å². The summed E-state index contributed by atoms with van der Waals surface area (Å²) in [6.07, 6.45) is 2.73. The van der Waals surface area contributed by atoms with E-state index in [1.54, 1.807) is 0 Å². The van der Waals surface area contributed by atoms with Crippen LogP contribution in [-0.2, 0) is 0 Å². The average molecular weight is 279 g/mol. The largest absolute Gasteiger partial charge is 0.325 e. The van der Waals surface area contributed by atoms with E-state index in [1.807, 2.05) is 40.9 Å². The number of benzene rings is 1. The van der Waals surface area contributed by atoms with E-state index in [9.17, 15) is 4.79 Å². The van der Waals surface area contributed by atoms with Crippen molar-refractivity contribution in [3.63, 3.8) is 0 Å². The maximum absolute atomic E-state index is 11.6. The Kier molecular flexibility index (Phi) is 3.44. The molecule has 2 heterocycles. The quantitative estimate of drug-likeness (QED) is 0.685. The Balaban J connectivity index is 2.22. The number of imidazole rings is 1. The number of para-hydroxylation sites is 1. The maximum Gasteiger partial charge on any atom is 0.170 e. The number of carbonyl (C=O) groups excluding carboxylic acids is 1. The molecule has 0 atom stereocenters. The van der Waals surface area contributed by atoms with Gasteiger partial charge in [-0.2, -0.15) is 0 Å². The fourth-order valence-electron chi connectivity index (χ4n) is 2.61. The Bertz CT molecular complexity index is 792. The minimum absolute atomic E-state index is 0.579. The number of nitrogens with zero attached hydrogens (tertiary/aromatic N) is 3. The number of rotatable bonds is 4. The third-order valence-corrected chi connectivity index (χ3v) is 3.64. The van der Waals surface area contributed by atoms with E-state index in [-0.39, 0.29) is 0 Å². The van der Waals surface area contributed by atoms with Crippen molar-refractivity contribution in [2.45, 2.75) is 13.8 Å². The predicted molar refractivity (Wildman–Crippen MR) is 84.4 cm³/mol. The van der Waals surface area contributed by atoms with Crippen LogP contribution in [-0.4, -0.2) is 22.2 Å². The molecule has 3 aromatic rings. The molecule has 0 N–H and O–H groups in total. The lowest BCUT2D eigenvalue weighted by atomic mass is 10.2. The Hall–Kier alpha value is -2.62. The summed E-state index contributed by atoms with van der Waals surface area (Å²) >= 11 is 0. The average Bonchev–Trinajstić information content (AvgIpc) is 2.88. The number of fused-ring (bicyclic) bond motifs is 1. The second kappa shape index (κ2) is 5.40. The third kappa shape index (κ3) is 2.18. The Morgan fingerprint density at radius 2 is 1.95 bits per heavy atom. The molecular formula is C17H17N3O. The van der Waals surface area contributed by atoms with E-state index in [2.05, 4.69) is 35.9 Å². The first-order valence-electron chi connectivity index (χ1n) is 7.01. The van der Waals surface area contributed by atoms with Crippen molar-refractivity contribution in [2.24, 2.45) is 0 Å². The van der Waals surface area contributed by atoms with Gasteiger partial charge in [0.05, 0.1) is 0 Å². The van der Waals surface area contributed by atoms with Crippen LogP contribution in [0.15, 0.2) is 48.7 Å². The minimum Gasteiger partial charge on any atom is -0.325 e. The Labute approximate surface area is 123 Å². The molecule has 0 amide bonds. The molecule has 3 rings (SSSR count). The molecule has 0 saturated heterocycles. The zero-order chi connectivity index (χ0) is 14.8. The standard InChI is InChI=1S/C17H17N3O/c1-3-19(14-9-5-4-8-13(14)2)17-15(12-21)20-11-7-6-10-16(20)18-17/h4-12H,3H2,1-2H3. The highest BCUT2D eigenvalue weighted by Gasteiger charge is 2.19. The van der Waals surface area contributed by atoms with Gasteiger partial charge in [0.2, 0.25) is 0 Å². The molecule has 21 heavy (non-hydrogen) atoms. The van der Waals surface area contributed by atoms with Gasteiger partial charge in [0.25, 0.3) is 0 Å². The molecule has 0 saturated carbocycles. The topological polar surface area (TPSA) is 37.6 Å². The summed E-state index contributed by atoms with van der Waals surface area (Å²) in [7, 11) is 0. The summed E-state index contributed by atoms with van der Waals surface area (Å²) in [5.41, 5.74) is 3.59. The van der Waals surface area contributed by atoms with Gasteiger partial charge in [-0.3, -0.25) is 9.20 Å². The van der Waals surface area contributed by atoms with Crippen LogP contribution in [0.3, 0.4) is 0 Å². The molecule has 0 aliphatic carbocycles. The van der Waals surface area contributed by atoms with Crippen molar-refractivity contribution in [2.75, 3.05) is 11.4 Å². The molecule has 4 heteroatoms. The molecular weight excluding hydrogens is 262 g/mol. The normalized spacial score (nSPS) is 10.8. The minimum atomic E-state index is 0.579. The second-order valence-electron chi connectivity index (χ2n) is 4.90. The maximum atomic E-state index is 11.6. The van der Waals surface area contributed by atoms with Gasteiger partial charge in [0.15, 0.2) is 12.1 Å². The summed E-state index contributed by atoms with van der Waals surface area (Å²) in [4.78, 5) is 18.3. The van der Waals surface area contributed by atoms with Gasteiger partial charge < -0.3 is 4.90 Å². The summed E-state index contributed by atoms with van der Waals surface area (Å²) < 4.78 is 1.82. The van der Waals surface area contributed by atoms with Crippen molar-refractivity contribution >= 4 is 23.4 Å². The molecule has 0 fully saturated rings. The van der Waals surface area contributed by atoms with E-state index in [0.29, 0.717) is 11.5 Å². The Morgan fingerprint density at radius 1 is 1.19 bits per heavy atom. The SMILES string of the molecule is CCN(c1ccccc1C)c1nc2ccccn2c1C=O. The van der Waals surface area contributed by atoms with Gasteiger partial charge in [0.1, 0.15) is 11.3 Å². The van der Waals surface area contributed by atoms with Crippen LogP contribution in [0.25, 0.3) is 5.65 Å². The lowest BCUT2D eigenvalue weighted by Crippen LogP contribution is -2.19. The molecule has 1 aromatic carbocycles. The van der Waals surface area contributed by atoms with E-state index in [4.69, 9.17) is 0 Å². The molecule has 4 nitrogen and oxygen atoms in total. The van der Waals surface area contributed by atoms with Gasteiger partial charge in [-0.25, -0.2) is 4.98 Å². The van der Waals surface area contributed by atoms with Gasteiger partial charge >= 0.3 is 0 Å². The molecule has 106 valence electrons. The lowest BCUT2D eigenvalue weighted by Gasteiger charge is -2.23. The fraction of sp³-hybridized carbons (Fsp3) is 0.176. The number of aromatic nitrogens is 2. The number of hydrogen-bond acceptors (Lipinski definition) is 3. The lowest BCUT2D eigenvalue weighted by molar-refractivity contribution is 0.111. The number of aryl methyl sites for hydroxylation is 1. The first-order chi connectivity index (χ1) is 10.3. The number of pyridine rings is 1. The first-order valence-corrected chi connectivity index (χ1v) is 7.01. The molecule has 0 unspecified atom stereocenters. The van der Waals surface area contributed by atoms with Crippen LogP contribution >= 0.6 is 0 Å². The van der Waals surface area contributed by atoms with Crippen molar-refractivity contribution in [1.29, 1.82) is 0 Å². The molecule has 0 aliphatic heterocycles. The monoisotopic (exact) mass is 279 g/mol. The smallest absolute Gasteiger partial charge is 0.170 e. The van der Waals surface area contributed by atoms with E-state index < -0.39 is 0 Å². The van der Waals surface area contributed by atoms with Gasteiger partial charge in [0, 0.05) is 18.4 Å². The highest BCUT2D eigenvalue weighted by molar-refractivity contribution is 5.85. The molecule has 0 aliphatic rings. The summed E-state index contributed by atoms with van der Waals surface area (Å²) in [5, 5.41) is 0. The van der Waals surface area contributed by atoms with E-state index in [1.165, 1.54) is 0 Å². The molecule has 0 radical (unpaired) electrons. The number of hydrogen-bond donors (Lipinski definition) is 0. The van der Waals surface area contributed by atoms with Crippen molar-refractivity contribution < 1.29 is 4.79 Å². The van der Waals surface area contributed by atoms with Gasteiger partial charge in [-0.05, 0) is 37.6 Å². The molecule has 0 bridgehead atoms. The van der Waals surface area contributed by atoms with Crippen LogP contribution in [0.5, 0.6) is 0 Å². The predicted octanol–water partition coefficient (Wildman–Crippen LogP) is 3.61.